The Morgan fingerprint density at radius 1 is 1.19 bits per heavy atom. The summed E-state index contributed by atoms with van der Waals surface area (Å²) in [5.41, 5.74) is 6.91. The van der Waals surface area contributed by atoms with Gasteiger partial charge >= 0.3 is 0 Å². The third-order valence-electron chi connectivity index (χ3n) is 4.18. The SMILES string of the molecule is COc1cccc(-c2noc(C3(N)CCCCCC3)n2)c1. The third kappa shape index (κ3) is 2.93. The quantitative estimate of drug-likeness (QED) is 0.877. The van der Waals surface area contributed by atoms with E-state index in [1.54, 1.807) is 7.11 Å². The van der Waals surface area contributed by atoms with Crippen molar-refractivity contribution in [3.63, 3.8) is 0 Å². The normalized spacial score (nSPS) is 18.2. The van der Waals surface area contributed by atoms with Crippen molar-refractivity contribution in [2.75, 3.05) is 7.11 Å². The third-order valence-corrected chi connectivity index (χ3v) is 4.18. The highest BCUT2D eigenvalue weighted by molar-refractivity contribution is 5.56. The zero-order chi connectivity index (χ0) is 14.7. The van der Waals surface area contributed by atoms with Gasteiger partial charge in [0.2, 0.25) is 11.7 Å². The molecule has 1 heterocycles. The minimum Gasteiger partial charge on any atom is -0.497 e. The molecule has 1 aliphatic rings. The van der Waals surface area contributed by atoms with Crippen molar-refractivity contribution in [3.8, 4) is 17.1 Å². The summed E-state index contributed by atoms with van der Waals surface area (Å²) in [7, 11) is 1.64. The Kier molecular flexibility index (Phi) is 3.92. The largest absolute Gasteiger partial charge is 0.497 e. The zero-order valence-electron chi connectivity index (χ0n) is 12.3. The molecular formula is C16H21N3O2. The summed E-state index contributed by atoms with van der Waals surface area (Å²) in [5.74, 6) is 1.90. The molecule has 2 N–H and O–H groups in total. The van der Waals surface area contributed by atoms with E-state index < -0.39 is 5.54 Å². The molecule has 0 radical (unpaired) electrons. The van der Waals surface area contributed by atoms with Crippen LogP contribution in [0.2, 0.25) is 0 Å². The molecule has 0 spiro atoms. The Labute approximate surface area is 124 Å². The molecular weight excluding hydrogens is 266 g/mol. The van der Waals surface area contributed by atoms with Gasteiger partial charge in [0.05, 0.1) is 12.6 Å². The molecule has 3 rings (SSSR count). The highest BCUT2D eigenvalue weighted by atomic mass is 16.5. The number of rotatable bonds is 3. The standard InChI is InChI=1S/C16H21N3O2/c1-20-13-8-6-7-12(11-13)14-18-15(21-19-14)16(17)9-4-2-3-5-10-16/h6-8,11H,2-5,9-10,17H2,1H3. The molecule has 1 aromatic heterocycles. The van der Waals surface area contributed by atoms with E-state index in [0.717, 1.165) is 37.0 Å². The van der Waals surface area contributed by atoms with Crippen molar-refractivity contribution < 1.29 is 9.26 Å². The van der Waals surface area contributed by atoms with E-state index in [4.69, 9.17) is 15.0 Å². The minimum atomic E-state index is -0.472. The van der Waals surface area contributed by atoms with Crippen molar-refractivity contribution in [1.82, 2.24) is 10.1 Å². The molecule has 5 nitrogen and oxygen atoms in total. The van der Waals surface area contributed by atoms with Gasteiger partial charge in [-0.3, -0.25) is 0 Å². The number of nitrogens with two attached hydrogens (primary N) is 1. The van der Waals surface area contributed by atoms with Gasteiger partial charge in [-0.05, 0) is 25.0 Å². The zero-order valence-corrected chi connectivity index (χ0v) is 12.3. The molecule has 2 aromatic rings. The highest BCUT2D eigenvalue weighted by Gasteiger charge is 2.34. The summed E-state index contributed by atoms with van der Waals surface area (Å²) in [6.45, 7) is 0. The van der Waals surface area contributed by atoms with Crippen LogP contribution in [0.4, 0.5) is 0 Å². The van der Waals surface area contributed by atoms with Crippen LogP contribution >= 0.6 is 0 Å². The monoisotopic (exact) mass is 287 g/mol. The van der Waals surface area contributed by atoms with Gasteiger partial charge in [-0.25, -0.2) is 0 Å². The maximum Gasteiger partial charge on any atom is 0.247 e. The van der Waals surface area contributed by atoms with E-state index in [1.807, 2.05) is 24.3 Å². The maximum absolute atomic E-state index is 6.51. The van der Waals surface area contributed by atoms with Crippen LogP contribution in [-0.2, 0) is 5.54 Å². The van der Waals surface area contributed by atoms with Crippen molar-refractivity contribution in [2.24, 2.45) is 5.73 Å². The van der Waals surface area contributed by atoms with Crippen molar-refractivity contribution >= 4 is 0 Å². The summed E-state index contributed by atoms with van der Waals surface area (Å²) < 4.78 is 10.7. The molecule has 0 aliphatic heterocycles. The maximum atomic E-state index is 6.51. The first-order chi connectivity index (χ1) is 10.2. The van der Waals surface area contributed by atoms with Crippen LogP contribution in [-0.4, -0.2) is 17.3 Å². The number of nitrogens with zero attached hydrogens (tertiary/aromatic N) is 2. The van der Waals surface area contributed by atoms with Crippen LogP contribution in [0.25, 0.3) is 11.4 Å². The van der Waals surface area contributed by atoms with Crippen LogP contribution in [0.5, 0.6) is 5.75 Å². The average molecular weight is 287 g/mol. The molecule has 1 fully saturated rings. The average Bonchev–Trinajstić information content (AvgIpc) is 2.92. The molecule has 112 valence electrons. The molecule has 0 amide bonds. The van der Waals surface area contributed by atoms with Gasteiger partial charge in [0, 0.05) is 5.56 Å². The topological polar surface area (TPSA) is 74.2 Å². The summed E-state index contributed by atoms with van der Waals surface area (Å²) in [6.07, 6.45) is 6.52. The van der Waals surface area contributed by atoms with Crippen LogP contribution < -0.4 is 10.5 Å². The highest BCUT2D eigenvalue weighted by Crippen LogP contribution is 2.33. The molecule has 0 bridgehead atoms. The molecule has 0 saturated heterocycles. The molecule has 21 heavy (non-hydrogen) atoms. The van der Waals surface area contributed by atoms with Gasteiger partial charge in [-0.15, -0.1) is 0 Å². The summed E-state index contributed by atoms with van der Waals surface area (Å²) in [6, 6.07) is 7.63. The lowest BCUT2D eigenvalue weighted by Gasteiger charge is -2.22. The molecule has 1 aliphatic carbocycles. The number of ether oxygens (including phenoxy) is 1. The van der Waals surface area contributed by atoms with E-state index in [2.05, 4.69) is 10.1 Å². The second-order valence-electron chi connectivity index (χ2n) is 5.73. The lowest BCUT2D eigenvalue weighted by molar-refractivity contribution is 0.257. The Morgan fingerprint density at radius 2 is 1.95 bits per heavy atom. The summed E-state index contributed by atoms with van der Waals surface area (Å²) in [4.78, 5) is 4.53. The molecule has 0 atom stereocenters. The van der Waals surface area contributed by atoms with Crippen LogP contribution in [0, 0.1) is 0 Å². The first-order valence-corrected chi connectivity index (χ1v) is 7.49. The predicted octanol–water partition coefficient (Wildman–Crippen LogP) is 3.25. The minimum absolute atomic E-state index is 0.472. The van der Waals surface area contributed by atoms with Crippen molar-refractivity contribution in [1.29, 1.82) is 0 Å². The fraction of sp³-hybridized carbons (Fsp3) is 0.500. The number of aromatic nitrogens is 2. The second-order valence-corrected chi connectivity index (χ2v) is 5.73. The Balaban J connectivity index is 1.88. The Morgan fingerprint density at radius 3 is 2.67 bits per heavy atom. The second kappa shape index (κ2) is 5.85. The van der Waals surface area contributed by atoms with E-state index in [0.29, 0.717) is 11.7 Å². The predicted molar refractivity (Wildman–Crippen MR) is 79.9 cm³/mol. The van der Waals surface area contributed by atoms with Crippen LogP contribution in [0.3, 0.4) is 0 Å². The molecule has 1 aromatic carbocycles. The molecule has 1 saturated carbocycles. The van der Waals surface area contributed by atoms with Crippen LogP contribution in [0.1, 0.15) is 44.4 Å². The van der Waals surface area contributed by atoms with E-state index >= 15 is 0 Å². The van der Waals surface area contributed by atoms with E-state index in [1.165, 1.54) is 12.8 Å². The molecule has 5 heteroatoms. The molecule has 0 unspecified atom stereocenters. The van der Waals surface area contributed by atoms with Gasteiger partial charge in [0.15, 0.2) is 0 Å². The fourth-order valence-corrected chi connectivity index (χ4v) is 2.88. The Hall–Kier alpha value is -1.88. The number of hydrogen-bond donors (Lipinski definition) is 1. The summed E-state index contributed by atoms with van der Waals surface area (Å²) >= 11 is 0. The van der Waals surface area contributed by atoms with Gasteiger partial charge in [0.1, 0.15) is 5.75 Å². The van der Waals surface area contributed by atoms with E-state index in [9.17, 15) is 0 Å². The first-order valence-electron chi connectivity index (χ1n) is 7.49. The van der Waals surface area contributed by atoms with Crippen molar-refractivity contribution in [2.45, 2.75) is 44.1 Å². The first kappa shape index (κ1) is 14.1. The van der Waals surface area contributed by atoms with Gasteiger partial charge in [-0.2, -0.15) is 4.98 Å². The number of methoxy groups -OCH3 is 1. The smallest absolute Gasteiger partial charge is 0.247 e. The van der Waals surface area contributed by atoms with Crippen LogP contribution in [0.15, 0.2) is 28.8 Å². The Bertz CT molecular complexity index is 601. The van der Waals surface area contributed by atoms with Gasteiger partial charge in [-0.1, -0.05) is 43.0 Å². The number of hydrogen-bond acceptors (Lipinski definition) is 5. The lowest BCUT2D eigenvalue weighted by Crippen LogP contribution is -2.36. The van der Waals surface area contributed by atoms with Gasteiger partial charge < -0.3 is 15.0 Å². The fourth-order valence-electron chi connectivity index (χ4n) is 2.88. The lowest BCUT2D eigenvalue weighted by atomic mass is 9.91. The number of benzene rings is 1. The van der Waals surface area contributed by atoms with E-state index in [-0.39, 0.29) is 0 Å². The van der Waals surface area contributed by atoms with Crippen molar-refractivity contribution in [3.05, 3.63) is 30.2 Å². The summed E-state index contributed by atoms with van der Waals surface area (Å²) in [5, 5.41) is 4.09. The van der Waals surface area contributed by atoms with Gasteiger partial charge in [0.25, 0.3) is 0 Å².